The van der Waals surface area contributed by atoms with Crippen molar-refractivity contribution in [3.63, 3.8) is 0 Å². The Hall–Kier alpha value is -3.02. The second kappa shape index (κ2) is 8.01. The molecule has 0 spiro atoms. The van der Waals surface area contributed by atoms with Gasteiger partial charge in [0.15, 0.2) is 0 Å². The van der Waals surface area contributed by atoms with Gasteiger partial charge >= 0.3 is 0 Å². The number of nitrogens with zero attached hydrogens (tertiary/aromatic N) is 2. The Morgan fingerprint density at radius 1 is 1.00 bits per heavy atom. The van der Waals surface area contributed by atoms with Gasteiger partial charge in [-0.25, -0.2) is 4.39 Å². The third-order valence-electron chi connectivity index (χ3n) is 6.36. The number of hydrogen-bond acceptors (Lipinski definition) is 3. The summed E-state index contributed by atoms with van der Waals surface area (Å²) in [5, 5.41) is 0. The number of fused-ring (bicyclic) bond motifs is 1. The summed E-state index contributed by atoms with van der Waals surface area (Å²) in [7, 11) is 1.67. The van der Waals surface area contributed by atoms with E-state index in [2.05, 4.69) is 0 Å². The minimum absolute atomic E-state index is 0.0496. The van der Waals surface area contributed by atoms with Gasteiger partial charge in [-0.3, -0.25) is 19.3 Å². The van der Waals surface area contributed by atoms with Crippen LogP contribution in [0.4, 0.5) is 4.39 Å². The van der Waals surface area contributed by atoms with Crippen LogP contribution in [0.5, 0.6) is 0 Å². The van der Waals surface area contributed by atoms with Crippen LogP contribution in [0, 0.1) is 5.82 Å². The van der Waals surface area contributed by atoms with E-state index in [4.69, 9.17) is 0 Å². The average Bonchev–Trinajstić information content (AvgIpc) is 3.03. The highest BCUT2D eigenvalue weighted by Gasteiger charge is 2.40. The van der Waals surface area contributed by atoms with Crippen LogP contribution in [0.25, 0.3) is 0 Å². The molecule has 1 saturated carbocycles. The summed E-state index contributed by atoms with van der Waals surface area (Å²) in [6.07, 6.45) is 4.86. The Balaban J connectivity index is 1.56. The molecule has 1 aliphatic carbocycles. The molecule has 1 heterocycles. The van der Waals surface area contributed by atoms with Crippen LogP contribution in [0.2, 0.25) is 0 Å². The minimum Gasteiger partial charge on any atom is -0.335 e. The summed E-state index contributed by atoms with van der Waals surface area (Å²) in [6.45, 7) is 1.86. The fourth-order valence-corrected chi connectivity index (χ4v) is 4.41. The van der Waals surface area contributed by atoms with Crippen molar-refractivity contribution in [2.75, 3.05) is 7.05 Å². The minimum atomic E-state index is -0.329. The van der Waals surface area contributed by atoms with Gasteiger partial charge in [0.1, 0.15) is 5.82 Å². The van der Waals surface area contributed by atoms with Crippen LogP contribution >= 0.6 is 0 Å². The largest absolute Gasteiger partial charge is 0.335 e. The van der Waals surface area contributed by atoms with Crippen molar-refractivity contribution in [1.29, 1.82) is 0 Å². The van der Waals surface area contributed by atoms with E-state index in [1.165, 1.54) is 23.1 Å². The Morgan fingerprint density at radius 2 is 1.63 bits per heavy atom. The molecule has 2 aliphatic rings. The fourth-order valence-electron chi connectivity index (χ4n) is 4.41. The van der Waals surface area contributed by atoms with E-state index in [9.17, 15) is 18.8 Å². The lowest BCUT2D eigenvalue weighted by Gasteiger charge is -2.29. The van der Waals surface area contributed by atoms with Crippen LogP contribution < -0.4 is 0 Å². The molecule has 1 unspecified atom stereocenters. The summed E-state index contributed by atoms with van der Waals surface area (Å²) < 4.78 is 13.2. The first kappa shape index (κ1) is 20.3. The molecular formula is C24H25FN2O3. The molecule has 2 aromatic rings. The predicted molar refractivity (Wildman–Crippen MR) is 111 cm³/mol. The van der Waals surface area contributed by atoms with Crippen molar-refractivity contribution in [2.24, 2.45) is 0 Å². The predicted octanol–water partition coefficient (Wildman–Crippen LogP) is 4.59. The summed E-state index contributed by atoms with van der Waals surface area (Å²) in [5.74, 6) is -1.14. The van der Waals surface area contributed by atoms with E-state index in [0.29, 0.717) is 16.7 Å². The van der Waals surface area contributed by atoms with Gasteiger partial charge in [0, 0.05) is 18.7 Å². The van der Waals surface area contributed by atoms with Crippen molar-refractivity contribution in [2.45, 2.75) is 51.1 Å². The van der Waals surface area contributed by atoms with Gasteiger partial charge in [0.2, 0.25) is 0 Å². The number of halogens is 1. The van der Waals surface area contributed by atoms with Gasteiger partial charge < -0.3 is 4.90 Å². The Labute approximate surface area is 175 Å². The first-order valence-corrected chi connectivity index (χ1v) is 10.4. The number of rotatable bonds is 4. The van der Waals surface area contributed by atoms with E-state index in [1.54, 1.807) is 36.2 Å². The highest BCUT2D eigenvalue weighted by atomic mass is 19.1. The van der Waals surface area contributed by atoms with Gasteiger partial charge in [-0.1, -0.05) is 31.4 Å². The quantitative estimate of drug-likeness (QED) is 0.696. The van der Waals surface area contributed by atoms with E-state index in [-0.39, 0.29) is 35.6 Å². The van der Waals surface area contributed by atoms with Crippen LogP contribution in [0.1, 0.15) is 81.7 Å². The van der Waals surface area contributed by atoms with Gasteiger partial charge in [-0.15, -0.1) is 0 Å². The summed E-state index contributed by atoms with van der Waals surface area (Å²) in [6, 6.07) is 10.4. The van der Waals surface area contributed by atoms with Crippen molar-refractivity contribution in [3.8, 4) is 0 Å². The average molecular weight is 408 g/mol. The molecule has 0 saturated heterocycles. The van der Waals surface area contributed by atoms with Crippen molar-refractivity contribution in [1.82, 2.24) is 9.80 Å². The van der Waals surface area contributed by atoms with Crippen LogP contribution in [-0.4, -0.2) is 40.6 Å². The number of carbonyl (C=O) groups is 3. The molecule has 30 heavy (non-hydrogen) atoms. The third kappa shape index (κ3) is 3.51. The highest BCUT2D eigenvalue weighted by Crippen LogP contribution is 2.32. The summed E-state index contributed by atoms with van der Waals surface area (Å²) in [5.41, 5.74) is 1.84. The zero-order valence-corrected chi connectivity index (χ0v) is 17.2. The normalized spacial score (nSPS) is 17.8. The molecule has 156 valence electrons. The SMILES string of the molecule is CC(c1ccc(F)cc1)N(C)C(=O)c1ccc2c(c1)C(=O)N(C1CCCCC1)C2=O. The van der Waals surface area contributed by atoms with E-state index >= 15 is 0 Å². The van der Waals surface area contributed by atoms with Crippen molar-refractivity contribution >= 4 is 17.7 Å². The monoisotopic (exact) mass is 408 g/mol. The zero-order valence-electron chi connectivity index (χ0n) is 17.2. The van der Waals surface area contributed by atoms with Gasteiger partial charge in [0.25, 0.3) is 17.7 Å². The molecule has 3 amide bonds. The molecule has 0 radical (unpaired) electrons. The van der Waals surface area contributed by atoms with Gasteiger partial charge in [-0.05, 0) is 55.7 Å². The Kier molecular flexibility index (Phi) is 5.41. The molecule has 2 aromatic carbocycles. The molecule has 0 aromatic heterocycles. The Bertz CT molecular complexity index is 996. The lowest BCUT2D eigenvalue weighted by Crippen LogP contribution is -2.40. The molecule has 0 N–H and O–H groups in total. The molecule has 6 heteroatoms. The molecule has 4 rings (SSSR count). The lowest BCUT2D eigenvalue weighted by atomic mass is 9.94. The van der Waals surface area contributed by atoms with E-state index in [0.717, 1.165) is 37.7 Å². The van der Waals surface area contributed by atoms with Crippen LogP contribution in [0.3, 0.4) is 0 Å². The Morgan fingerprint density at radius 3 is 2.30 bits per heavy atom. The first-order valence-electron chi connectivity index (χ1n) is 10.4. The van der Waals surface area contributed by atoms with Crippen molar-refractivity contribution in [3.05, 3.63) is 70.5 Å². The standard InChI is InChI=1S/C24H25FN2O3/c1-15(16-8-11-18(25)12-9-16)26(2)22(28)17-10-13-20-21(14-17)24(30)27(23(20)29)19-6-4-3-5-7-19/h8-15,19H,3-7H2,1-2H3. The maximum Gasteiger partial charge on any atom is 0.261 e. The lowest BCUT2D eigenvalue weighted by molar-refractivity contribution is 0.0548. The van der Waals surface area contributed by atoms with E-state index in [1.807, 2.05) is 6.92 Å². The highest BCUT2D eigenvalue weighted by molar-refractivity contribution is 6.22. The number of imide groups is 1. The number of amides is 3. The summed E-state index contributed by atoms with van der Waals surface area (Å²) >= 11 is 0. The van der Waals surface area contributed by atoms with Crippen LogP contribution in [0.15, 0.2) is 42.5 Å². The summed E-state index contributed by atoms with van der Waals surface area (Å²) in [4.78, 5) is 41.8. The molecular weight excluding hydrogens is 383 g/mol. The number of carbonyl (C=O) groups excluding carboxylic acids is 3. The second-order valence-corrected chi connectivity index (χ2v) is 8.18. The molecule has 1 aliphatic heterocycles. The topological polar surface area (TPSA) is 57.7 Å². The third-order valence-corrected chi connectivity index (χ3v) is 6.36. The first-order chi connectivity index (χ1) is 14.4. The van der Waals surface area contributed by atoms with Crippen molar-refractivity contribution < 1.29 is 18.8 Å². The van der Waals surface area contributed by atoms with Gasteiger partial charge in [-0.2, -0.15) is 0 Å². The number of hydrogen-bond donors (Lipinski definition) is 0. The molecule has 1 fully saturated rings. The van der Waals surface area contributed by atoms with Gasteiger partial charge in [0.05, 0.1) is 17.2 Å². The number of benzene rings is 2. The molecule has 0 bridgehead atoms. The fraction of sp³-hybridized carbons (Fsp3) is 0.375. The maximum absolute atomic E-state index is 13.2. The molecule has 1 atom stereocenters. The molecule has 5 nitrogen and oxygen atoms in total. The van der Waals surface area contributed by atoms with E-state index < -0.39 is 0 Å². The smallest absolute Gasteiger partial charge is 0.261 e. The van der Waals surface area contributed by atoms with Crippen LogP contribution in [-0.2, 0) is 0 Å². The second-order valence-electron chi connectivity index (χ2n) is 8.18. The zero-order chi connectivity index (χ0) is 21.4. The maximum atomic E-state index is 13.2.